The number of hydrogen-bond acceptors (Lipinski definition) is 3. The molecule has 2 N–H and O–H groups in total. The summed E-state index contributed by atoms with van der Waals surface area (Å²) in [5.74, 6) is 0.594. The fourth-order valence-electron chi connectivity index (χ4n) is 3.66. The van der Waals surface area contributed by atoms with Crippen molar-refractivity contribution < 1.29 is 14.3 Å². The Kier molecular flexibility index (Phi) is 5.08. The van der Waals surface area contributed by atoms with Crippen LogP contribution in [-0.4, -0.2) is 25.6 Å². The van der Waals surface area contributed by atoms with Crippen molar-refractivity contribution in [2.75, 3.05) is 23.9 Å². The Morgan fingerprint density at radius 1 is 1.10 bits per heavy atom. The number of urea groups is 1. The molecule has 0 bridgehead atoms. The molecule has 0 radical (unpaired) electrons. The van der Waals surface area contributed by atoms with Gasteiger partial charge in [0.05, 0.1) is 11.1 Å². The molecule has 1 aliphatic heterocycles. The highest BCUT2D eigenvalue weighted by molar-refractivity contribution is 6.00. The van der Waals surface area contributed by atoms with Gasteiger partial charge >= 0.3 is 6.03 Å². The third-order valence-corrected chi connectivity index (χ3v) is 5.37. The Hall–Kier alpha value is -3.54. The SMILES string of the molecule is CN1C(=O)C(C)(C)COc2ccc(NC(=O)NCc3cccc4ccccc34)cc21. The average molecular weight is 403 g/mol. The van der Waals surface area contributed by atoms with E-state index in [9.17, 15) is 9.59 Å². The van der Waals surface area contributed by atoms with Crippen molar-refractivity contribution in [2.24, 2.45) is 5.41 Å². The van der Waals surface area contributed by atoms with Crippen LogP contribution in [0, 0.1) is 5.41 Å². The Morgan fingerprint density at radius 3 is 2.70 bits per heavy atom. The number of carbonyl (C=O) groups is 2. The summed E-state index contributed by atoms with van der Waals surface area (Å²) in [6.07, 6.45) is 0. The van der Waals surface area contributed by atoms with Gasteiger partial charge in [0, 0.05) is 19.3 Å². The zero-order chi connectivity index (χ0) is 21.3. The minimum absolute atomic E-state index is 0.0289. The van der Waals surface area contributed by atoms with Crippen LogP contribution in [0.1, 0.15) is 19.4 Å². The number of benzene rings is 3. The van der Waals surface area contributed by atoms with Gasteiger partial charge in [0.2, 0.25) is 5.91 Å². The molecule has 154 valence electrons. The quantitative estimate of drug-likeness (QED) is 0.674. The normalized spacial score (nSPS) is 15.2. The van der Waals surface area contributed by atoms with E-state index in [0.717, 1.165) is 16.3 Å². The summed E-state index contributed by atoms with van der Waals surface area (Å²) in [4.78, 5) is 26.7. The monoisotopic (exact) mass is 403 g/mol. The maximum Gasteiger partial charge on any atom is 0.319 e. The molecule has 0 aromatic heterocycles. The van der Waals surface area contributed by atoms with Crippen molar-refractivity contribution in [3.05, 3.63) is 66.2 Å². The van der Waals surface area contributed by atoms with Crippen LogP contribution in [0.5, 0.6) is 5.75 Å². The lowest BCUT2D eigenvalue weighted by atomic mass is 9.93. The number of fused-ring (bicyclic) bond motifs is 2. The van der Waals surface area contributed by atoms with Gasteiger partial charge < -0.3 is 20.3 Å². The molecule has 0 spiro atoms. The largest absolute Gasteiger partial charge is 0.490 e. The first-order valence-corrected chi connectivity index (χ1v) is 9.92. The second kappa shape index (κ2) is 7.71. The number of nitrogens with one attached hydrogen (secondary N) is 2. The van der Waals surface area contributed by atoms with E-state index in [1.54, 1.807) is 30.1 Å². The van der Waals surface area contributed by atoms with Crippen molar-refractivity contribution in [1.82, 2.24) is 5.32 Å². The zero-order valence-electron chi connectivity index (χ0n) is 17.4. The first-order chi connectivity index (χ1) is 14.3. The van der Waals surface area contributed by atoms with Crippen LogP contribution in [0.4, 0.5) is 16.2 Å². The molecule has 0 unspecified atom stereocenters. The smallest absolute Gasteiger partial charge is 0.319 e. The second-order valence-corrected chi connectivity index (χ2v) is 8.17. The summed E-state index contributed by atoms with van der Waals surface area (Å²) in [6, 6.07) is 19.1. The van der Waals surface area contributed by atoms with Crippen LogP contribution < -0.4 is 20.3 Å². The summed E-state index contributed by atoms with van der Waals surface area (Å²) in [6.45, 7) is 4.44. The van der Waals surface area contributed by atoms with Crippen molar-refractivity contribution >= 4 is 34.1 Å². The van der Waals surface area contributed by atoms with Gasteiger partial charge in [-0.3, -0.25) is 4.79 Å². The molecular formula is C24H25N3O3. The molecule has 0 saturated heterocycles. The predicted molar refractivity (Wildman–Crippen MR) is 119 cm³/mol. The number of anilines is 2. The first-order valence-electron chi connectivity index (χ1n) is 9.92. The number of hydrogen-bond donors (Lipinski definition) is 2. The Bertz CT molecular complexity index is 1120. The Morgan fingerprint density at radius 2 is 1.87 bits per heavy atom. The van der Waals surface area contributed by atoms with E-state index in [2.05, 4.69) is 22.8 Å². The molecule has 3 aromatic carbocycles. The van der Waals surface area contributed by atoms with E-state index < -0.39 is 5.41 Å². The zero-order valence-corrected chi connectivity index (χ0v) is 17.4. The number of amides is 3. The average Bonchev–Trinajstić information content (AvgIpc) is 2.83. The summed E-state index contributed by atoms with van der Waals surface area (Å²) >= 11 is 0. The number of ether oxygens (including phenoxy) is 1. The lowest BCUT2D eigenvalue weighted by Gasteiger charge is -2.24. The molecule has 0 fully saturated rings. The molecule has 0 aliphatic carbocycles. The second-order valence-electron chi connectivity index (χ2n) is 8.17. The van der Waals surface area contributed by atoms with Gasteiger partial charge in [0.1, 0.15) is 12.4 Å². The number of rotatable bonds is 3. The lowest BCUT2D eigenvalue weighted by molar-refractivity contribution is -0.127. The highest BCUT2D eigenvalue weighted by Crippen LogP contribution is 2.37. The number of carbonyl (C=O) groups excluding carboxylic acids is 2. The third-order valence-electron chi connectivity index (χ3n) is 5.37. The summed E-state index contributed by atoms with van der Waals surface area (Å²) in [5.41, 5.74) is 1.66. The molecule has 1 heterocycles. The van der Waals surface area contributed by atoms with Gasteiger partial charge in [-0.15, -0.1) is 0 Å². The number of nitrogens with zero attached hydrogens (tertiary/aromatic N) is 1. The standard InChI is InChI=1S/C24H25N3O3/c1-24(2)15-30-21-12-11-18(13-20(21)27(3)22(24)28)26-23(29)25-14-17-9-6-8-16-7-4-5-10-19(16)17/h4-13H,14-15H2,1-3H3,(H2,25,26,29). The molecule has 1 aliphatic rings. The van der Waals surface area contributed by atoms with E-state index in [4.69, 9.17) is 4.74 Å². The first kappa shape index (κ1) is 19.8. The van der Waals surface area contributed by atoms with Crippen LogP contribution >= 0.6 is 0 Å². The molecule has 30 heavy (non-hydrogen) atoms. The van der Waals surface area contributed by atoms with Crippen LogP contribution in [0.2, 0.25) is 0 Å². The van der Waals surface area contributed by atoms with E-state index >= 15 is 0 Å². The molecule has 6 nitrogen and oxygen atoms in total. The van der Waals surface area contributed by atoms with Crippen molar-refractivity contribution in [1.29, 1.82) is 0 Å². The van der Waals surface area contributed by atoms with Gasteiger partial charge in [-0.25, -0.2) is 4.79 Å². The highest BCUT2D eigenvalue weighted by atomic mass is 16.5. The minimum Gasteiger partial charge on any atom is -0.490 e. The molecule has 3 aromatic rings. The maximum atomic E-state index is 12.7. The van der Waals surface area contributed by atoms with Crippen molar-refractivity contribution in [2.45, 2.75) is 20.4 Å². The van der Waals surface area contributed by atoms with Gasteiger partial charge in [-0.05, 0) is 48.4 Å². The van der Waals surface area contributed by atoms with E-state index in [1.165, 1.54) is 0 Å². The Labute approximate surface area is 175 Å². The summed E-state index contributed by atoms with van der Waals surface area (Å²) in [5, 5.41) is 8.00. The lowest BCUT2D eigenvalue weighted by Crippen LogP contribution is -2.39. The van der Waals surface area contributed by atoms with Crippen LogP contribution in [0.25, 0.3) is 10.8 Å². The predicted octanol–water partition coefficient (Wildman–Crippen LogP) is 4.54. The van der Waals surface area contributed by atoms with Crippen molar-refractivity contribution in [3.8, 4) is 5.75 Å². The molecule has 6 heteroatoms. The fourth-order valence-corrected chi connectivity index (χ4v) is 3.66. The fraction of sp³-hybridized carbons (Fsp3) is 0.250. The third kappa shape index (κ3) is 3.81. The van der Waals surface area contributed by atoms with Crippen LogP contribution in [0.3, 0.4) is 0 Å². The van der Waals surface area contributed by atoms with E-state index in [1.807, 2.05) is 44.2 Å². The Balaban J connectivity index is 1.47. The van der Waals surface area contributed by atoms with Crippen LogP contribution in [-0.2, 0) is 11.3 Å². The van der Waals surface area contributed by atoms with E-state index in [-0.39, 0.29) is 11.9 Å². The van der Waals surface area contributed by atoms with Crippen molar-refractivity contribution in [3.63, 3.8) is 0 Å². The van der Waals surface area contributed by atoms with E-state index in [0.29, 0.717) is 30.3 Å². The molecular weight excluding hydrogens is 378 g/mol. The van der Waals surface area contributed by atoms with Crippen LogP contribution in [0.15, 0.2) is 60.7 Å². The summed E-state index contributed by atoms with van der Waals surface area (Å²) < 4.78 is 5.82. The van der Waals surface area contributed by atoms with Gasteiger partial charge in [-0.1, -0.05) is 42.5 Å². The van der Waals surface area contributed by atoms with Gasteiger partial charge in [-0.2, -0.15) is 0 Å². The summed E-state index contributed by atoms with van der Waals surface area (Å²) in [7, 11) is 1.72. The molecule has 4 rings (SSSR count). The topological polar surface area (TPSA) is 70.7 Å². The molecule has 0 saturated carbocycles. The van der Waals surface area contributed by atoms with Gasteiger partial charge in [0.15, 0.2) is 0 Å². The maximum absolute atomic E-state index is 12.7. The minimum atomic E-state index is -0.614. The highest BCUT2D eigenvalue weighted by Gasteiger charge is 2.36. The van der Waals surface area contributed by atoms with Gasteiger partial charge in [0.25, 0.3) is 0 Å². The molecule has 0 atom stereocenters. The molecule has 3 amide bonds.